The third-order valence-electron chi connectivity index (χ3n) is 3.43. The average Bonchev–Trinajstić information content (AvgIpc) is 3.03. The van der Waals surface area contributed by atoms with Gasteiger partial charge in [-0.2, -0.15) is 0 Å². The minimum Gasteiger partial charge on any atom is -0.370 e. The zero-order valence-corrected chi connectivity index (χ0v) is 16.2. The number of alkyl halides is 1. The molecule has 1 atom stereocenters. The van der Waals surface area contributed by atoms with Gasteiger partial charge in [-0.1, -0.05) is 19.0 Å². The summed E-state index contributed by atoms with van der Waals surface area (Å²) in [4.78, 5) is 47.7. The van der Waals surface area contributed by atoms with E-state index in [0.717, 1.165) is 5.01 Å². The molecule has 4 amide bonds. The molecule has 0 aliphatic heterocycles. The van der Waals surface area contributed by atoms with Crippen LogP contribution in [0.1, 0.15) is 42.9 Å². The first kappa shape index (κ1) is 22.4. The van der Waals surface area contributed by atoms with Crippen molar-refractivity contribution in [2.24, 2.45) is 11.7 Å². The number of hydrogen-bond acceptors (Lipinski definition) is 6. The summed E-state index contributed by atoms with van der Waals surface area (Å²) in [5.41, 5.74) is 7.50. The summed E-state index contributed by atoms with van der Waals surface area (Å²) in [5.74, 6) is -2.31. The highest BCUT2D eigenvalue weighted by atomic mass is 35.5. The number of carbonyl (C=O) groups excluding carboxylic acids is 4. The normalized spacial score (nSPS) is 11.7. The Morgan fingerprint density at radius 1 is 1.33 bits per heavy atom. The van der Waals surface area contributed by atoms with Crippen molar-refractivity contribution in [3.8, 4) is 0 Å². The number of amides is 4. The Labute approximate surface area is 161 Å². The Bertz CT molecular complexity index is 690. The average molecular weight is 402 g/mol. The molecule has 4 N–H and O–H groups in total. The molecule has 0 unspecified atom stereocenters. The van der Waals surface area contributed by atoms with Crippen molar-refractivity contribution < 1.29 is 23.7 Å². The Hall–Kier alpha value is -2.62. The summed E-state index contributed by atoms with van der Waals surface area (Å²) in [6, 6.07) is 0.504. The van der Waals surface area contributed by atoms with Crippen molar-refractivity contribution >= 4 is 35.2 Å². The van der Waals surface area contributed by atoms with Crippen LogP contribution in [-0.4, -0.2) is 52.3 Å². The molecule has 0 saturated carbocycles. The van der Waals surface area contributed by atoms with Crippen molar-refractivity contribution in [3.63, 3.8) is 0 Å². The summed E-state index contributed by atoms with van der Waals surface area (Å²) in [6.45, 7) is 5.26. The van der Waals surface area contributed by atoms with Gasteiger partial charge in [-0.3, -0.25) is 29.6 Å². The molecule has 0 spiro atoms. The second-order valence-electron chi connectivity index (χ2n) is 6.35. The van der Waals surface area contributed by atoms with Gasteiger partial charge in [0.1, 0.15) is 17.7 Å². The predicted octanol–water partition coefficient (Wildman–Crippen LogP) is 0.102. The first-order valence-corrected chi connectivity index (χ1v) is 8.86. The van der Waals surface area contributed by atoms with Gasteiger partial charge in [-0.25, -0.2) is 0 Å². The molecule has 0 saturated heterocycles. The van der Waals surface area contributed by atoms with Gasteiger partial charge in [0.2, 0.25) is 5.91 Å². The molecule has 0 aliphatic rings. The van der Waals surface area contributed by atoms with Gasteiger partial charge in [-0.05, 0) is 19.3 Å². The fourth-order valence-electron chi connectivity index (χ4n) is 2.16. The van der Waals surface area contributed by atoms with E-state index in [2.05, 4.69) is 15.9 Å². The lowest BCUT2D eigenvalue weighted by Crippen LogP contribution is -2.55. The van der Waals surface area contributed by atoms with E-state index >= 15 is 0 Å². The van der Waals surface area contributed by atoms with Crippen LogP contribution in [0.4, 0.5) is 0 Å². The minimum atomic E-state index is -0.936. The van der Waals surface area contributed by atoms with Crippen molar-refractivity contribution in [2.75, 3.05) is 12.4 Å². The summed E-state index contributed by atoms with van der Waals surface area (Å²) in [7, 11) is 0. The number of primary amides is 1. The van der Waals surface area contributed by atoms with Crippen molar-refractivity contribution in [3.05, 3.63) is 17.5 Å². The number of nitrogens with one attached hydrogen (secondary N) is 2. The largest absolute Gasteiger partial charge is 0.370 e. The molecule has 1 aromatic heterocycles. The Morgan fingerprint density at radius 3 is 2.48 bits per heavy atom. The lowest BCUT2D eigenvalue weighted by Gasteiger charge is -2.26. The number of hydrogen-bond donors (Lipinski definition) is 3. The highest BCUT2D eigenvalue weighted by Gasteiger charge is 2.26. The Morgan fingerprint density at radius 2 is 2.00 bits per heavy atom. The molecule has 0 fully saturated rings. The fraction of sp³-hybridized carbons (Fsp3) is 0.562. The third-order valence-corrected chi connectivity index (χ3v) is 3.66. The van der Waals surface area contributed by atoms with E-state index in [4.69, 9.17) is 21.9 Å². The van der Waals surface area contributed by atoms with Crippen LogP contribution in [0.25, 0.3) is 0 Å². The van der Waals surface area contributed by atoms with Crippen LogP contribution in [0.15, 0.2) is 10.6 Å². The molecule has 1 rings (SSSR count). The first-order valence-electron chi connectivity index (χ1n) is 8.33. The van der Waals surface area contributed by atoms with Crippen LogP contribution in [0, 0.1) is 12.8 Å². The van der Waals surface area contributed by atoms with Crippen LogP contribution in [-0.2, 0) is 14.4 Å². The van der Waals surface area contributed by atoms with Gasteiger partial charge >= 0.3 is 0 Å². The van der Waals surface area contributed by atoms with Gasteiger partial charge in [0.05, 0.1) is 6.54 Å². The van der Waals surface area contributed by atoms with Crippen molar-refractivity contribution in [2.45, 2.75) is 39.7 Å². The highest BCUT2D eigenvalue weighted by Crippen LogP contribution is 2.08. The fourth-order valence-corrected chi connectivity index (χ4v) is 2.30. The summed E-state index contributed by atoms with van der Waals surface area (Å²) in [6.07, 6.45) is 0.162. The van der Waals surface area contributed by atoms with E-state index in [1.165, 1.54) is 6.07 Å². The zero-order valence-electron chi connectivity index (χ0n) is 15.5. The van der Waals surface area contributed by atoms with E-state index in [-0.39, 0.29) is 24.6 Å². The van der Waals surface area contributed by atoms with Gasteiger partial charge in [-0.15, -0.1) is 11.6 Å². The van der Waals surface area contributed by atoms with Crippen LogP contribution < -0.4 is 16.5 Å². The van der Waals surface area contributed by atoms with Crippen molar-refractivity contribution in [1.29, 1.82) is 0 Å². The maximum Gasteiger partial charge on any atom is 0.274 e. The summed E-state index contributed by atoms with van der Waals surface area (Å²) < 4.78 is 4.85. The number of nitrogens with zero attached hydrogens (tertiary/aromatic N) is 2. The number of halogens is 1. The van der Waals surface area contributed by atoms with E-state index in [1.807, 2.05) is 13.8 Å². The van der Waals surface area contributed by atoms with E-state index < -0.39 is 35.6 Å². The van der Waals surface area contributed by atoms with E-state index in [0.29, 0.717) is 12.2 Å². The molecule has 150 valence electrons. The van der Waals surface area contributed by atoms with E-state index in [1.54, 1.807) is 6.92 Å². The lowest BCUT2D eigenvalue weighted by atomic mass is 10.0. The quantitative estimate of drug-likeness (QED) is 0.395. The summed E-state index contributed by atoms with van der Waals surface area (Å²) >= 11 is 5.53. The molecule has 10 nitrogen and oxygen atoms in total. The zero-order chi connectivity index (χ0) is 20.6. The van der Waals surface area contributed by atoms with Gasteiger partial charge < -0.3 is 15.6 Å². The second-order valence-corrected chi connectivity index (χ2v) is 6.62. The molecule has 0 radical (unpaired) electrons. The molecule has 0 bridgehead atoms. The lowest BCUT2D eigenvalue weighted by molar-refractivity contribution is -0.141. The van der Waals surface area contributed by atoms with Crippen LogP contribution in [0.2, 0.25) is 0 Å². The number of nitrogens with two attached hydrogens (primary N) is 1. The molecular weight excluding hydrogens is 378 g/mol. The smallest absolute Gasteiger partial charge is 0.274 e. The highest BCUT2D eigenvalue weighted by molar-refractivity contribution is 6.27. The second kappa shape index (κ2) is 10.5. The van der Waals surface area contributed by atoms with Crippen LogP contribution >= 0.6 is 11.6 Å². The van der Waals surface area contributed by atoms with Gasteiger partial charge in [0, 0.05) is 12.5 Å². The Balaban J connectivity index is 2.86. The SMILES string of the molecule is Cc1cc(C(=O)N[C@@H](CC(C)C)C(=O)NN(CCC(N)=O)C(=O)CCl)no1. The minimum absolute atomic E-state index is 0.0384. The maximum atomic E-state index is 12.6. The van der Waals surface area contributed by atoms with Crippen LogP contribution in [0.3, 0.4) is 0 Å². The molecule has 27 heavy (non-hydrogen) atoms. The number of hydrazine groups is 1. The molecule has 1 heterocycles. The number of aryl methyl sites for hydroxylation is 1. The number of aromatic nitrogens is 1. The summed E-state index contributed by atoms with van der Waals surface area (Å²) in [5, 5.41) is 7.09. The molecule has 0 aliphatic carbocycles. The number of rotatable bonds is 9. The van der Waals surface area contributed by atoms with Crippen LogP contribution in [0.5, 0.6) is 0 Å². The maximum absolute atomic E-state index is 12.6. The monoisotopic (exact) mass is 401 g/mol. The van der Waals surface area contributed by atoms with Gasteiger partial charge in [0.25, 0.3) is 17.7 Å². The Kier molecular flexibility index (Phi) is 8.73. The van der Waals surface area contributed by atoms with Crippen molar-refractivity contribution in [1.82, 2.24) is 20.9 Å². The molecule has 11 heteroatoms. The molecular formula is C16H24ClN5O5. The number of carbonyl (C=O) groups is 4. The topological polar surface area (TPSA) is 148 Å². The third kappa shape index (κ3) is 7.65. The van der Waals surface area contributed by atoms with E-state index in [9.17, 15) is 19.2 Å². The van der Waals surface area contributed by atoms with Gasteiger partial charge in [0.15, 0.2) is 5.69 Å². The molecule has 0 aromatic carbocycles. The predicted molar refractivity (Wildman–Crippen MR) is 96.3 cm³/mol. The molecule has 1 aromatic rings. The standard InChI is InChI=1S/C16H24ClN5O5/c1-9(2)6-11(19-15(25)12-7-10(3)27-21-12)16(26)20-22(14(24)8-17)5-4-13(18)23/h7,9,11H,4-6,8H2,1-3H3,(H2,18,23)(H,19,25)(H,20,26)/t11-/m0/s1. The first-order chi connectivity index (χ1) is 12.6.